The third kappa shape index (κ3) is 10.5. The Morgan fingerprint density at radius 3 is 1.15 bits per heavy atom. The van der Waals surface area contributed by atoms with Gasteiger partial charge in [-0.25, -0.2) is 9.15 Å². The van der Waals surface area contributed by atoms with Crippen molar-refractivity contribution in [1.29, 1.82) is 0 Å². The van der Waals surface area contributed by atoms with Crippen molar-refractivity contribution in [3.63, 3.8) is 0 Å². The molecule has 5 aromatic rings. The van der Waals surface area contributed by atoms with Crippen molar-refractivity contribution in [1.82, 2.24) is 19.1 Å². The fourth-order valence-electron chi connectivity index (χ4n) is 6.01. The van der Waals surface area contributed by atoms with Crippen LogP contribution < -0.4 is 77.1 Å². The SMILES string of the molecule is CC=[N+](c1ccccn1)c1c(C)cc(-c2cc(Br)cc(-c3cc(C)c([N+](=CC)c4ccccn4)c(C)c3)c2C)cc1C.[Br-].[Br-].[Br-].[Br-].[Pd+2].[Pd+2]. The Morgan fingerprint density at radius 1 is 0.542 bits per heavy atom. The van der Waals surface area contributed by atoms with E-state index < -0.39 is 0 Å². The zero-order valence-electron chi connectivity index (χ0n) is 27.5. The summed E-state index contributed by atoms with van der Waals surface area (Å²) in [6.45, 7) is 15.1. The second-order valence-corrected chi connectivity index (χ2v) is 11.6. The third-order valence-corrected chi connectivity index (χ3v) is 8.22. The number of aryl methyl sites for hydroxylation is 4. The molecule has 2 heterocycles. The number of halogens is 5. The van der Waals surface area contributed by atoms with E-state index in [4.69, 9.17) is 0 Å². The second kappa shape index (κ2) is 22.1. The number of pyridine rings is 2. The number of benzene rings is 3. The van der Waals surface area contributed by atoms with Crippen LogP contribution in [0.4, 0.5) is 23.0 Å². The van der Waals surface area contributed by atoms with Gasteiger partial charge in [-0.1, -0.05) is 28.1 Å². The summed E-state index contributed by atoms with van der Waals surface area (Å²) < 4.78 is 5.40. The van der Waals surface area contributed by atoms with Crippen LogP contribution in [0.25, 0.3) is 22.3 Å². The van der Waals surface area contributed by atoms with Gasteiger partial charge < -0.3 is 67.9 Å². The Labute approximate surface area is 363 Å². The molecule has 0 saturated carbocycles. The summed E-state index contributed by atoms with van der Waals surface area (Å²) >= 11 is 3.83. The molecule has 0 saturated heterocycles. The van der Waals surface area contributed by atoms with E-state index in [1.165, 1.54) is 61.4 Å². The molecule has 0 aliphatic carbocycles. The van der Waals surface area contributed by atoms with E-state index in [0.29, 0.717) is 0 Å². The molecule has 48 heavy (non-hydrogen) atoms. The predicted molar refractivity (Wildman–Crippen MR) is 184 cm³/mol. The molecule has 0 aliphatic rings. The van der Waals surface area contributed by atoms with Crippen molar-refractivity contribution in [2.24, 2.45) is 0 Å². The van der Waals surface area contributed by atoms with Gasteiger partial charge in [-0.15, -0.1) is 0 Å². The summed E-state index contributed by atoms with van der Waals surface area (Å²) in [5.41, 5.74) is 13.3. The van der Waals surface area contributed by atoms with Crippen LogP contribution in [0.5, 0.6) is 0 Å². The van der Waals surface area contributed by atoms with Crippen LogP contribution in [0, 0.1) is 34.6 Å². The molecule has 0 amide bonds. The van der Waals surface area contributed by atoms with Crippen LogP contribution in [0.1, 0.15) is 41.7 Å². The van der Waals surface area contributed by atoms with E-state index in [1.54, 1.807) is 0 Å². The summed E-state index contributed by atoms with van der Waals surface area (Å²) in [5, 5.41) is 0. The van der Waals surface area contributed by atoms with Crippen molar-refractivity contribution in [2.75, 3.05) is 0 Å². The predicted octanol–water partition coefficient (Wildman–Crippen LogP) is -2.02. The smallest absolute Gasteiger partial charge is 1.00 e. The molecule has 0 unspecified atom stereocenters. The third-order valence-electron chi connectivity index (χ3n) is 7.77. The van der Waals surface area contributed by atoms with Crippen LogP contribution in [-0.2, 0) is 40.8 Å². The molecule has 4 nitrogen and oxygen atoms in total. The van der Waals surface area contributed by atoms with Crippen LogP contribution in [0.2, 0.25) is 0 Å². The van der Waals surface area contributed by atoms with E-state index in [-0.39, 0.29) is 109 Å². The van der Waals surface area contributed by atoms with E-state index in [0.717, 1.165) is 16.1 Å². The van der Waals surface area contributed by atoms with E-state index >= 15 is 0 Å². The minimum atomic E-state index is 0. The maximum Gasteiger partial charge on any atom is 2.00 e. The topological polar surface area (TPSA) is 31.8 Å². The minimum Gasteiger partial charge on any atom is -1.00 e. The van der Waals surface area contributed by atoms with Gasteiger partial charge in [-0.3, -0.25) is 0 Å². The molecule has 5 rings (SSSR count). The van der Waals surface area contributed by atoms with Crippen LogP contribution >= 0.6 is 15.9 Å². The van der Waals surface area contributed by atoms with Crippen molar-refractivity contribution < 1.29 is 109 Å². The monoisotopic (exact) mass is 1140 g/mol. The molecule has 0 radical (unpaired) electrons. The Hall–Kier alpha value is -0.975. The molecular formula is C37H37Br5N4Pd2+2. The summed E-state index contributed by atoms with van der Waals surface area (Å²) in [6, 6.07) is 25.7. The van der Waals surface area contributed by atoms with Gasteiger partial charge in [0.25, 0.3) is 0 Å². The normalized spacial score (nSPS) is 10.6. The molecule has 11 heteroatoms. The average Bonchev–Trinajstić information content (AvgIpc) is 2.98. The van der Waals surface area contributed by atoms with Crippen LogP contribution in [0.15, 0.2) is 89.7 Å². The van der Waals surface area contributed by atoms with Crippen LogP contribution in [0.3, 0.4) is 0 Å². The van der Waals surface area contributed by atoms with Gasteiger partial charge in [-0.05, 0) is 157 Å². The molecule has 3 aromatic carbocycles. The molecule has 2 aromatic heterocycles. The molecule has 0 bridgehead atoms. The van der Waals surface area contributed by atoms with Crippen molar-refractivity contribution in [2.45, 2.75) is 48.5 Å². The van der Waals surface area contributed by atoms with Crippen molar-refractivity contribution >= 4 is 51.4 Å². The van der Waals surface area contributed by atoms with Gasteiger partial charge in [0.1, 0.15) is 23.8 Å². The zero-order valence-corrected chi connectivity index (χ0v) is 38.6. The summed E-state index contributed by atoms with van der Waals surface area (Å²) in [6.07, 6.45) is 7.84. The number of hydrogen-bond donors (Lipinski definition) is 0. The maximum absolute atomic E-state index is 4.59. The number of nitrogens with zero attached hydrogens (tertiary/aromatic N) is 4. The van der Waals surface area contributed by atoms with Crippen molar-refractivity contribution in [3.8, 4) is 22.3 Å². The largest absolute Gasteiger partial charge is 2.00 e. The van der Waals surface area contributed by atoms with Gasteiger partial charge >= 0.3 is 52.5 Å². The Balaban J connectivity index is 0. The first kappa shape index (κ1) is 49.1. The van der Waals surface area contributed by atoms with Gasteiger partial charge in [0, 0.05) is 16.6 Å². The number of hydrogen-bond acceptors (Lipinski definition) is 2. The van der Waals surface area contributed by atoms with E-state index in [9.17, 15) is 0 Å². The first-order chi connectivity index (χ1) is 20.2. The van der Waals surface area contributed by atoms with Gasteiger partial charge in [0.15, 0.2) is 0 Å². The molecule has 0 fully saturated rings. The Morgan fingerprint density at radius 2 is 0.875 bits per heavy atom. The molecule has 0 atom stereocenters. The van der Waals surface area contributed by atoms with Gasteiger partial charge in [0.2, 0.25) is 0 Å². The molecular weight excluding hydrogens is 1110 g/mol. The summed E-state index contributed by atoms with van der Waals surface area (Å²) in [4.78, 5) is 9.19. The van der Waals surface area contributed by atoms with E-state index in [2.05, 4.69) is 132 Å². The average molecular weight is 1150 g/mol. The Kier molecular flexibility index (Phi) is 22.6. The minimum absolute atomic E-state index is 0. The van der Waals surface area contributed by atoms with Gasteiger partial charge in [-0.2, -0.15) is 0 Å². The van der Waals surface area contributed by atoms with Gasteiger partial charge in [0.05, 0.1) is 12.4 Å². The molecule has 0 aliphatic heterocycles. The first-order valence-electron chi connectivity index (χ1n) is 14.3. The molecule has 0 N–H and O–H groups in total. The van der Waals surface area contributed by atoms with Crippen LogP contribution in [-0.4, -0.2) is 22.4 Å². The fourth-order valence-corrected chi connectivity index (χ4v) is 6.46. The maximum atomic E-state index is 4.59. The summed E-state index contributed by atoms with van der Waals surface area (Å²) in [7, 11) is 0. The van der Waals surface area contributed by atoms with E-state index in [1.807, 2.05) is 48.8 Å². The molecule has 0 spiro atoms. The summed E-state index contributed by atoms with van der Waals surface area (Å²) in [5.74, 6) is 1.83. The quantitative estimate of drug-likeness (QED) is 0.112. The number of rotatable bonds is 6. The Bertz CT molecular complexity index is 1690. The second-order valence-electron chi connectivity index (χ2n) is 10.7. The standard InChI is InChI=1S/C37H37BrN4.4BrH.2Pd/c1-8-41(34-14-10-12-16-39-34)36-24(3)18-29(19-25(36)4)32-22-31(38)23-33(28(32)7)30-20-26(5)37(27(6)21-30)42(9-2)35-15-11-13-17-40-35;;;;;;/h8-23H,1-7H3;4*1H;;/q+2;;;;;2*+2/p-4. The zero-order chi connectivity index (χ0) is 30.0. The first-order valence-corrected chi connectivity index (χ1v) is 15.1. The van der Waals surface area contributed by atoms with Crippen molar-refractivity contribution in [3.05, 3.63) is 117 Å². The number of aromatic nitrogens is 2. The molecule has 258 valence electrons. The fraction of sp³-hybridized carbons (Fsp3) is 0.189.